The third kappa shape index (κ3) is 3.96. The summed E-state index contributed by atoms with van der Waals surface area (Å²) in [7, 11) is 0. The number of nitrogens with one attached hydrogen (secondary N) is 1. The number of pyridine rings is 1. The highest BCUT2D eigenvalue weighted by molar-refractivity contribution is 6.30. The Hall–Kier alpha value is -2.84. The van der Waals surface area contributed by atoms with E-state index >= 15 is 0 Å². The van der Waals surface area contributed by atoms with E-state index in [1.807, 2.05) is 0 Å². The van der Waals surface area contributed by atoms with E-state index in [9.17, 15) is 19.5 Å². The fraction of sp³-hybridized carbons (Fsp3) is 0.278. The molecule has 8 nitrogen and oxygen atoms in total. The van der Waals surface area contributed by atoms with Gasteiger partial charge in [-0.15, -0.1) is 0 Å². The van der Waals surface area contributed by atoms with Gasteiger partial charge in [0.1, 0.15) is 17.9 Å². The Bertz CT molecular complexity index is 952. The van der Waals surface area contributed by atoms with Gasteiger partial charge in [0.2, 0.25) is 0 Å². The predicted molar refractivity (Wildman–Crippen MR) is 96.2 cm³/mol. The second-order valence-electron chi connectivity index (χ2n) is 6.05. The molecule has 1 aromatic heterocycles. The second-order valence-corrected chi connectivity index (χ2v) is 6.48. The molecule has 0 aliphatic carbocycles. The van der Waals surface area contributed by atoms with Crippen molar-refractivity contribution in [3.63, 3.8) is 0 Å². The highest BCUT2D eigenvalue weighted by Crippen LogP contribution is 2.28. The summed E-state index contributed by atoms with van der Waals surface area (Å²) in [5.74, 6) is -2.67. The Labute approximate surface area is 159 Å². The number of carboxylic acids is 1. The van der Waals surface area contributed by atoms with E-state index in [0.29, 0.717) is 29.3 Å². The normalized spacial score (nSPS) is 13.1. The minimum absolute atomic E-state index is 0.0568. The molecule has 0 unspecified atom stereocenters. The van der Waals surface area contributed by atoms with E-state index < -0.39 is 35.3 Å². The van der Waals surface area contributed by atoms with E-state index in [0.717, 1.165) is 5.56 Å². The van der Waals surface area contributed by atoms with Crippen LogP contribution in [0.2, 0.25) is 5.02 Å². The monoisotopic (exact) mass is 392 g/mol. The zero-order chi connectivity index (χ0) is 19.6. The molecule has 1 aromatic carbocycles. The van der Waals surface area contributed by atoms with Gasteiger partial charge in [-0.2, -0.15) is 0 Å². The number of carbonyl (C=O) groups excluding carboxylic acids is 1. The molecule has 0 spiro atoms. The van der Waals surface area contributed by atoms with Crippen LogP contribution in [-0.2, 0) is 29.1 Å². The third-order valence-corrected chi connectivity index (χ3v) is 4.52. The molecular weight excluding hydrogens is 376 g/mol. The molecule has 27 heavy (non-hydrogen) atoms. The molecule has 3 N–H and O–H groups in total. The van der Waals surface area contributed by atoms with Gasteiger partial charge in [-0.05, 0) is 17.7 Å². The van der Waals surface area contributed by atoms with Crippen molar-refractivity contribution in [1.82, 2.24) is 9.88 Å². The largest absolute Gasteiger partial charge is 0.506 e. The number of halogens is 1. The summed E-state index contributed by atoms with van der Waals surface area (Å²) >= 11 is 5.89. The molecule has 1 aliphatic heterocycles. The average molecular weight is 393 g/mol. The van der Waals surface area contributed by atoms with Crippen LogP contribution >= 0.6 is 11.6 Å². The zero-order valence-electron chi connectivity index (χ0n) is 14.2. The summed E-state index contributed by atoms with van der Waals surface area (Å²) in [6, 6.07) is 6.91. The maximum Gasteiger partial charge on any atom is 0.322 e. The van der Waals surface area contributed by atoms with Gasteiger partial charge < -0.3 is 24.8 Å². The molecule has 0 fully saturated rings. The van der Waals surface area contributed by atoms with E-state index in [2.05, 4.69) is 5.32 Å². The number of hydrogen-bond acceptors (Lipinski definition) is 5. The third-order valence-electron chi connectivity index (χ3n) is 4.27. The number of aromatic nitrogens is 1. The van der Waals surface area contributed by atoms with Crippen LogP contribution in [0.15, 0.2) is 29.1 Å². The van der Waals surface area contributed by atoms with E-state index in [-0.39, 0.29) is 13.2 Å². The SMILES string of the molecule is O=C(O)CNC(=O)c1c(O)c2c(n(Cc3ccc(Cl)cc3)c1=O)CCOC2. The smallest absolute Gasteiger partial charge is 0.322 e. The number of benzene rings is 1. The van der Waals surface area contributed by atoms with Crippen LogP contribution in [0.5, 0.6) is 5.75 Å². The number of hydrogen-bond donors (Lipinski definition) is 3. The minimum Gasteiger partial charge on any atom is -0.506 e. The molecule has 2 heterocycles. The first-order chi connectivity index (χ1) is 12.9. The van der Waals surface area contributed by atoms with Crippen LogP contribution in [0.25, 0.3) is 0 Å². The van der Waals surface area contributed by atoms with Gasteiger partial charge in [-0.25, -0.2) is 0 Å². The first-order valence-electron chi connectivity index (χ1n) is 8.18. The molecule has 0 radical (unpaired) electrons. The number of ether oxygens (including phenoxy) is 1. The van der Waals surface area contributed by atoms with E-state index in [1.54, 1.807) is 24.3 Å². The Morgan fingerprint density at radius 1 is 1.26 bits per heavy atom. The lowest BCUT2D eigenvalue weighted by Gasteiger charge is -2.24. The van der Waals surface area contributed by atoms with Crippen LogP contribution in [0.3, 0.4) is 0 Å². The summed E-state index contributed by atoms with van der Waals surface area (Å²) in [5.41, 5.74) is 0.557. The molecule has 2 aromatic rings. The van der Waals surface area contributed by atoms with Crippen LogP contribution in [-0.4, -0.2) is 39.8 Å². The Kier molecular flexibility index (Phi) is 5.48. The molecule has 0 atom stereocenters. The fourth-order valence-corrected chi connectivity index (χ4v) is 3.10. The van der Waals surface area contributed by atoms with Gasteiger partial charge in [0.05, 0.1) is 19.8 Å². The van der Waals surface area contributed by atoms with Gasteiger partial charge in [0, 0.05) is 22.7 Å². The lowest BCUT2D eigenvalue weighted by atomic mass is 10.0. The van der Waals surface area contributed by atoms with Crippen LogP contribution in [0.4, 0.5) is 0 Å². The summed E-state index contributed by atoms with van der Waals surface area (Å²) < 4.78 is 6.77. The van der Waals surface area contributed by atoms with Crippen LogP contribution in [0.1, 0.15) is 27.2 Å². The lowest BCUT2D eigenvalue weighted by molar-refractivity contribution is -0.135. The molecule has 9 heteroatoms. The second kappa shape index (κ2) is 7.81. The number of aliphatic carboxylic acids is 1. The Morgan fingerprint density at radius 3 is 2.63 bits per heavy atom. The summed E-state index contributed by atoms with van der Waals surface area (Å²) in [6.45, 7) is -0.0430. The molecule has 3 rings (SSSR count). The van der Waals surface area contributed by atoms with Crippen molar-refractivity contribution in [2.24, 2.45) is 0 Å². The molecule has 1 amide bonds. The maximum atomic E-state index is 12.9. The molecular formula is C18H17ClN2O6. The number of carboxylic acid groups (broad SMARTS) is 1. The molecule has 0 saturated heterocycles. The first-order valence-corrected chi connectivity index (χ1v) is 8.56. The van der Waals surface area contributed by atoms with Crippen molar-refractivity contribution >= 4 is 23.5 Å². The fourth-order valence-electron chi connectivity index (χ4n) is 2.98. The highest BCUT2D eigenvalue weighted by atomic mass is 35.5. The Morgan fingerprint density at radius 2 is 1.96 bits per heavy atom. The lowest BCUT2D eigenvalue weighted by Crippen LogP contribution is -2.38. The summed E-state index contributed by atoms with van der Waals surface area (Å²) in [6.07, 6.45) is 0.406. The Balaban J connectivity index is 2.09. The van der Waals surface area contributed by atoms with Gasteiger partial charge in [0.25, 0.3) is 11.5 Å². The van der Waals surface area contributed by atoms with Gasteiger partial charge in [-0.1, -0.05) is 23.7 Å². The number of amides is 1. The van der Waals surface area contributed by atoms with Gasteiger partial charge in [-0.3, -0.25) is 14.4 Å². The van der Waals surface area contributed by atoms with Crippen molar-refractivity contribution in [3.8, 4) is 5.75 Å². The number of aromatic hydroxyl groups is 1. The first kappa shape index (κ1) is 18.9. The van der Waals surface area contributed by atoms with Crippen LogP contribution < -0.4 is 10.9 Å². The van der Waals surface area contributed by atoms with Gasteiger partial charge >= 0.3 is 5.97 Å². The summed E-state index contributed by atoms with van der Waals surface area (Å²) in [4.78, 5) is 35.9. The standard InChI is InChI=1S/C18H17ClN2O6/c19-11-3-1-10(2-4-11)8-21-13-5-6-27-9-12(13)16(24)15(18(21)26)17(25)20-7-14(22)23/h1-4,24H,5-9H2,(H,20,25)(H,22,23). The summed E-state index contributed by atoms with van der Waals surface area (Å²) in [5, 5.41) is 21.9. The van der Waals surface area contributed by atoms with E-state index in [4.69, 9.17) is 21.4 Å². The number of fused-ring (bicyclic) bond motifs is 1. The highest BCUT2D eigenvalue weighted by Gasteiger charge is 2.27. The van der Waals surface area contributed by atoms with Crippen molar-refractivity contribution in [2.45, 2.75) is 19.6 Å². The topological polar surface area (TPSA) is 118 Å². The predicted octanol–water partition coefficient (Wildman–Crippen LogP) is 1.14. The van der Waals surface area contributed by atoms with E-state index in [1.165, 1.54) is 4.57 Å². The average Bonchev–Trinajstić information content (AvgIpc) is 2.65. The maximum absolute atomic E-state index is 12.9. The van der Waals surface area contributed by atoms with Crippen molar-refractivity contribution in [1.29, 1.82) is 0 Å². The molecule has 0 bridgehead atoms. The number of rotatable bonds is 5. The van der Waals surface area contributed by atoms with Crippen LogP contribution in [0, 0.1) is 0 Å². The molecule has 1 aliphatic rings. The quantitative estimate of drug-likeness (QED) is 0.702. The number of nitrogens with zero attached hydrogens (tertiary/aromatic N) is 1. The molecule has 142 valence electrons. The van der Waals surface area contributed by atoms with Gasteiger partial charge in [0.15, 0.2) is 0 Å². The van der Waals surface area contributed by atoms with Crippen molar-refractivity contribution in [2.75, 3.05) is 13.2 Å². The zero-order valence-corrected chi connectivity index (χ0v) is 15.0. The van der Waals surface area contributed by atoms with Crippen molar-refractivity contribution < 1.29 is 24.5 Å². The number of carbonyl (C=O) groups is 2. The minimum atomic E-state index is -1.26. The van der Waals surface area contributed by atoms with Crippen molar-refractivity contribution in [3.05, 3.63) is 62.0 Å². The molecule has 0 saturated carbocycles.